The van der Waals surface area contributed by atoms with Crippen LogP contribution in [0.4, 0.5) is 0 Å². The lowest BCUT2D eigenvalue weighted by Gasteiger charge is -2.37. The summed E-state index contributed by atoms with van der Waals surface area (Å²) >= 11 is 0. The van der Waals surface area contributed by atoms with Crippen molar-refractivity contribution in [2.45, 2.75) is 122 Å². The minimum atomic E-state index is -4.89. The molecule has 0 aliphatic carbocycles. The van der Waals surface area contributed by atoms with Crippen molar-refractivity contribution in [3.63, 3.8) is 0 Å². The fraction of sp³-hybridized carbons (Fsp3) is 0.833. The van der Waals surface area contributed by atoms with Gasteiger partial charge in [-0.3, -0.25) is 4.52 Å². The van der Waals surface area contributed by atoms with E-state index in [-0.39, 0.29) is 5.92 Å². The largest absolute Gasteiger partial charge is 0.471 e. The Labute approximate surface area is 203 Å². The molecule has 0 heterocycles. The molecule has 0 aromatic heterocycles. The highest BCUT2D eigenvalue weighted by Crippen LogP contribution is 2.50. The summed E-state index contributed by atoms with van der Waals surface area (Å²) in [7, 11) is -5.52. The van der Waals surface area contributed by atoms with Gasteiger partial charge in [0, 0.05) is 5.92 Å². The van der Waals surface area contributed by atoms with Crippen molar-refractivity contribution in [3.05, 3.63) is 12.2 Å². The second-order valence-electron chi connectivity index (χ2n) is 8.90. The van der Waals surface area contributed by atoms with Gasteiger partial charge in [-0.1, -0.05) is 90.6 Å². The second-order valence-corrected chi connectivity index (χ2v) is 11.2. The van der Waals surface area contributed by atoms with E-state index >= 15 is 0 Å². The molecule has 7 nitrogen and oxygen atoms in total. The smallest absolute Gasteiger partial charge is 0.462 e. The van der Waals surface area contributed by atoms with Gasteiger partial charge >= 0.3 is 7.82 Å². The molecular formula is C24H47NO6P2. The molecular weight excluding hydrogens is 460 g/mol. The number of hydrogen-bond donors (Lipinski definition) is 4. The molecule has 4 unspecified atom stereocenters. The maximum absolute atomic E-state index is 11.5. The van der Waals surface area contributed by atoms with Crippen molar-refractivity contribution in [2.24, 2.45) is 11.7 Å². The van der Waals surface area contributed by atoms with Crippen LogP contribution in [0.15, 0.2) is 12.2 Å². The first-order valence-corrected chi connectivity index (χ1v) is 14.8. The first kappa shape index (κ1) is 32.6. The van der Waals surface area contributed by atoms with Crippen LogP contribution in [0.3, 0.4) is 0 Å². The van der Waals surface area contributed by atoms with Crippen molar-refractivity contribution >= 4 is 16.6 Å². The average molecular weight is 508 g/mol. The SMILES string of the molecule is CC=CC(C#CO)(OP(=O)(O)O)POC(C)(N)C(CCCCCCC)CCCCCCCC. The fourth-order valence-corrected chi connectivity index (χ4v) is 5.70. The Morgan fingerprint density at radius 1 is 1.00 bits per heavy atom. The highest BCUT2D eigenvalue weighted by atomic mass is 31.2. The first-order chi connectivity index (χ1) is 15.6. The fourth-order valence-electron chi connectivity index (χ4n) is 3.83. The van der Waals surface area contributed by atoms with Gasteiger partial charge in [0.25, 0.3) is 0 Å². The Kier molecular flexibility index (Phi) is 17.7. The van der Waals surface area contributed by atoms with Crippen molar-refractivity contribution in [2.75, 3.05) is 0 Å². The highest BCUT2D eigenvalue weighted by Gasteiger charge is 2.39. The van der Waals surface area contributed by atoms with E-state index in [1.807, 2.05) is 6.92 Å². The maximum atomic E-state index is 11.5. The number of aliphatic hydroxyl groups excluding tert-OH is 1. The van der Waals surface area contributed by atoms with Gasteiger partial charge < -0.3 is 25.2 Å². The molecule has 0 spiro atoms. The molecule has 0 aromatic carbocycles. The molecule has 4 atom stereocenters. The molecule has 0 saturated heterocycles. The van der Waals surface area contributed by atoms with Crippen LogP contribution in [-0.4, -0.2) is 26.0 Å². The number of rotatable bonds is 20. The van der Waals surface area contributed by atoms with E-state index in [0.29, 0.717) is 0 Å². The number of nitrogens with two attached hydrogens (primary N) is 1. The van der Waals surface area contributed by atoms with Gasteiger partial charge in [0.2, 0.25) is 5.34 Å². The summed E-state index contributed by atoms with van der Waals surface area (Å²) in [5.74, 6) is 2.43. The predicted molar refractivity (Wildman–Crippen MR) is 137 cm³/mol. The number of aliphatic hydroxyl groups is 1. The molecule has 33 heavy (non-hydrogen) atoms. The number of phosphoric acid groups is 1. The van der Waals surface area contributed by atoms with Gasteiger partial charge in [-0.05, 0) is 38.7 Å². The van der Waals surface area contributed by atoms with Crippen LogP contribution in [0.2, 0.25) is 0 Å². The number of unbranched alkanes of at least 4 members (excludes halogenated alkanes) is 9. The summed E-state index contributed by atoms with van der Waals surface area (Å²) in [5.41, 5.74) is 5.61. The molecule has 5 N–H and O–H groups in total. The van der Waals surface area contributed by atoms with Crippen LogP contribution in [0.1, 0.15) is 111 Å². The zero-order chi connectivity index (χ0) is 25.2. The van der Waals surface area contributed by atoms with Crippen molar-refractivity contribution in [1.29, 1.82) is 0 Å². The van der Waals surface area contributed by atoms with E-state index in [2.05, 4.69) is 19.8 Å². The van der Waals surface area contributed by atoms with E-state index < -0.39 is 27.7 Å². The summed E-state index contributed by atoms with van der Waals surface area (Å²) in [6.45, 7) is 7.88. The third-order valence-corrected chi connectivity index (χ3v) is 7.64. The summed E-state index contributed by atoms with van der Waals surface area (Å²) in [5, 5.41) is 7.38. The van der Waals surface area contributed by atoms with Crippen molar-refractivity contribution in [1.82, 2.24) is 0 Å². The van der Waals surface area contributed by atoms with Crippen LogP contribution >= 0.6 is 16.6 Å². The van der Waals surface area contributed by atoms with Crippen LogP contribution in [0.5, 0.6) is 0 Å². The minimum Gasteiger partial charge on any atom is -0.462 e. The molecule has 0 fully saturated rings. The summed E-state index contributed by atoms with van der Waals surface area (Å²) in [4.78, 5) is 18.7. The minimum absolute atomic E-state index is 0.0956. The number of allylic oxidation sites excluding steroid dienone is 1. The number of phosphoric ester groups is 1. The summed E-state index contributed by atoms with van der Waals surface area (Å²) in [6.07, 6.45) is 19.5. The van der Waals surface area contributed by atoms with Gasteiger partial charge in [-0.15, -0.1) is 0 Å². The molecule has 0 amide bonds. The predicted octanol–water partition coefficient (Wildman–Crippen LogP) is 6.71. The molecule has 0 bridgehead atoms. The lowest BCUT2D eigenvalue weighted by molar-refractivity contribution is 0.0284. The Morgan fingerprint density at radius 3 is 1.91 bits per heavy atom. The standard InChI is InChI=1S/C24H47NO6P2/c1-5-8-10-12-14-16-18-22(17-15-13-11-9-6-2)23(4,25)30-32-24(19-7-3,20-21-26)31-33(27,28)29/h7,19,22,26,32H,5-6,8-18,25H2,1-4H3,(H2,27,28,29). The van der Waals surface area contributed by atoms with Gasteiger partial charge in [-0.2, -0.15) is 0 Å². The van der Waals surface area contributed by atoms with E-state index in [4.69, 9.17) is 19.9 Å². The molecule has 9 heteroatoms. The number of hydrogen-bond acceptors (Lipinski definition) is 5. The Hall–Kier alpha value is -0.440. The van der Waals surface area contributed by atoms with Crippen molar-refractivity contribution < 1.29 is 28.5 Å². The highest BCUT2D eigenvalue weighted by molar-refractivity contribution is 7.47. The molecule has 0 aromatic rings. The van der Waals surface area contributed by atoms with E-state index in [0.717, 1.165) is 38.5 Å². The molecule has 0 aliphatic rings. The summed E-state index contributed by atoms with van der Waals surface area (Å²) in [6, 6.07) is 0. The van der Waals surface area contributed by atoms with Crippen LogP contribution < -0.4 is 5.73 Å². The third kappa shape index (κ3) is 16.0. The first-order valence-electron chi connectivity index (χ1n) is 12.4. The molecule has 0 rings (SSSR count). The van der Waals surface area contributed by atoms with E-state index in [1.165, 1.54) is 51.0 Å². The second kappa shape index (κ2) is 17.9. The normalized spacial score (nSPS) is 17.1. The van der Waals surface area contributed by atoms with E-state index in [1.54, 1.807) is 19.1 Å². The monoisotopic (exact) mass is 507 g/mol. The van der Waals surface area contributed by atoms with E-state index in [9.17, 15) is 14.4 Å². The molecule has 0 saturated carbocycles. The Morgan fingerprint density at radius 2 is 1.48 bits per heavy atom. The maximum Gasteiger partial charge on any atom is 0.471 e. The summed E-state index contributed by atoms with van der Waals surface area (Å²) < 4.78 is 22.5. The van der Waals surface area contributed by atoms with Crippen LogP contribution in [-0.2, 0) is 13.6 Å². The Bertz CT molecular complexity index is 641. The lowest BCUT2D eigenvalue weighted by atomic mass is 9.87. The zero-order valence-corrected chi connectivity index (χ0v) is 22.9. The molecule has 0 radical (unpaired) electrons. The topological polar surface area (TPSA) is 122 Å². The van der Waals surface area contributed by atoms with Crippen molar-refractivity contribution in [3.8, 4) is 12.0 Å². The van der Waals surface area contributed by atoms with Gasteiger partial charge in [0.05, 0.1) is 8.81 Å². The van der Waals surface area contributed by atoms with Gasteiger partial charge in [0.1, 0.15) is 11.8 Å². The van der Waals surface area contributed by atoms with Gasteiger partial charge in [-0.25, -0.2) is 4.57 Å². The third-order valence-electron chi connectivity index (χ3n) is 5.70. The molecule has 0 aliphatic heterocycles. The van der Waals surface area contributed by atoms with Gasteiger partial charge in [0.15, 0.2) is 0 Å². The quantitative estimate of drug-likeness (QED) is 0.0475. The van der Waals surface area contributed by atoms with Crippen LogP contribution in [0, 0.1) is 17.9 Å². The Balaban J connectivity index is 5.28. The lowest BCUT2D eigenvalue weighted by Crippen LogP contribution is -2.46. The zero-order valence-electron chi connectivity index (χ0n) is 21.0. The average Bonchev–Trinajstić information content (AvgIpc) is 2.72. The van der Waals surface area contributed by atoms with Crippen LogP contribution in [0.25, 0.3) is 0 Å². The molecule has 194 valence electrons.